The van der Waals surface area contributed by atoms with E-state index in [2.05, 4.69) is 31.4 Å². The quantitative estimate of drug-likeness (QED) is 0.591. The van der Waals surface area contributed by atoms with Crippen LogP contribution in [-0.4, -0.2) is 36.2 Å². The van der Waals surface area contributed by atoms with Crippen molar-refractivity contribution in [3.63, 3.8) is 0 Å². The van der Waals surface area contributed by atoms with Crippen LogP contribution in [0, 0.1) is 5.41 Å². The standard InChI is InChI=1S/C13H28N2O2/c1-10(2)15-12(17)6-7-14-9-11(16)8-13(3,4)5/h10-11,14,16H,6-9H2,1-5H3,(H,15,17). The van der Waals surface area contributed by atoms with Crippen LogP contribution in [-0.2, 0) is 4.79 Å². The first-order chi connectivity index (χ1) is 7.70. The van der Waals surface area contributed by atoms with Gasteiger partial charge in [0.2, 0.25) is 5.91 Å². The first kappa shape index (κ1) is 16.4. The van der Waals surface area contributed by atoms with Crippen molar-refractivity contribution in [2.45, 2.75) is 59.6 Å². The van der Waals surface area contributed by atoms with Crippen LogP contribution in [0.2, 0.25) is 0 Å². The molecule has 1 unspecified atom stereocenters. The van der Waals surface area contributed by atoms with Crippen LogP contribution in [0.15, 0.2) is 0 Å². The average Bonchev–Trinajstić information content (AvgIpc) is 2.08. The lowest BCUT2D eigenvalue weighted by atomic mass is 9.89. The summed E-state index contributed by atoms with van der Waals surface area (Å²) < 4.78 is 0. The molecule has 0 aromatic heterocycles. The highest BCUT2D eigenvalue weighted by Gasteiger charge is 2.16. The molecule has 3 N–H and O–H groups in total. The van der Waals surface area contributed by atoms with Gasteiger partial charge in [-0.25, -0.2) is 0 Å². The van der Waals surface area contributed by atoms with E-state index in [1.165, 1.54) is 0 Å². The molecule has 4 heteroatoms. The topological polar surface area (TPSA) is 61.4 Å². The van der Waals surface area contributed by atoms with Crippen LogP contribution in [0.4, 0.5) is 0 Å². The van der Waals surface area contributed by atoms with Crippen molar-refractivity contribution in [1.29, 1.82) is 0 Å². The summed E-state index contributed by atoms with van der Waals surface area (Å²) in [5.74, 6) is 0.0535. The summed E-state index contributed by atoms with van der Waals surface area (Å²) in [5, 5.41) is 15.7. The monoisotopic (exact) mass is 244 g/mol. The maximum atomic E-state index is 11.3. The van der Waals surface area contributed by atoms with Crippen LogP contribution in [0.25, 0.3) is 0 Å². The van der Waals surface area contributed by atoms with Crippen LogP contribution in [0.3, 0.4) is 0 Å². The summed E-state index contributed by atoms with van der Waals surface area (Å²) in [6, 6.07) is 0.189. The third kappa shape index (κ3) is 11.6. The molecule has 0 spiro atoms. The molecule has 1 atom stereocenters. The summed E-state index contributed by atoms with van der Waals surface area (Å²) >= 11 is 0. The van der Waals surface area contributed by atoms with Crippen molar-refractivity contribution in [2.75, 3.05) is 13.1 Å². The molecule has 0 aromatic carbocycles. The lowest BCUT2D eigenvalue weighted by Crippen LogP contribution is -2.35. The summed E-state index contributed by atoms with van der Waals surface area (Å²) in [6.07, 6.45) is 0.877. The third-order valence-corrected chi connectivity index (χ3v) is 2.21. The molecular formula is C13H28N2O2. The van der Waals surface area contributed by atoms with E-state index in [1.54, 1.807) is 0 Å². The highest BCUT2D eigenvalue weighted by molar-refractivity contribution is 5.76. The number of carbonyl (C=O) groups is 1. The third-order valence-electron chi connectivity index (χ3n) is 2.21. The van der Waals surface area contributed by atoms with E-state index in [4.69, 9.17) is 0 Å². The zero-order valence-corrected chi connectivity index (χ0v) is 11.8. The van der Waals surface area contributed by atoms with Crippen molar-refractivity contribution in [3.05, 3.63) is 0 Å². The zero-order valence-electron chi connectivity index (χ0n) is 11.8. The Morgan fingerprint density at radius 2 is 1.88 bits per heavy atom. The Morgan fingerprint density at radius 3 is 2.35 bits per heavy atom. The molecule has 1 amide bonds. The normalized spacial score (nSPS) is 13.8. The van der Waals surface area contributed by atoms with E-state index < -0.39 is 0 Å². The van der Waals surface area contributed by atoms with Crippen molar-refractivity contribution < 1.29 is 9.90 Å². The second-order valence-corrected chi connectivity index (χ2v) is 6.09. The molecule has 0 aromatic rings. The number of nitrogens with one attached hydrogen (secondary N) is 2. The van der Waals surface area contributed by atoms with Gasteiger partial charge < -0.3 is 15.7 Å². The van der Waals surface area contributed by atoms with E-state index in [0.29, 0.717) is 19.5 Å². The van der Waals surface area contributed by atoms with Crippen molar-refractivity contribution >= 4 is 5.91 Å². The average molecular weight is 244 g/mol. The fourth-order valence-corrected chi connectivity index (χ4v) is 1.64. The Bertz CT molecular complexity index is 222. The van der Waals surface area contributed by atoms with Gasteiger partial charge in [-0.15, -0.1) is 0 Å². The molecule has 17 heavy (non-hydrogen) atoms. The van der Waals surface area contributed by atoms with Gasteiger partial charge >= 0.3 is 0 Å². The molecular weight excluding hydrogens is 216 g/mol. The molecule has 0 saturated heterocycles. The first-order valence-electron chi connectivity index (χ1n) is 6.39. The number of hydrogen-bond donors (Lipinski definition) is 3. The summed E-state index contributed by atoms with van der Waals surface area (Å²) in [6.45, 7) is 11.4. The van der Waals surface area contributed by atoms with Gasteiger partial charge in [-0.1, -0.05) is 20.8 Å². The Kier molecular flexibility index (Phi) is 7.39. The number of aliphatic hydroxyl groups excluding tert-OH is 1. The fraction of sp³-hybridized carbons (Fsp3) is 0.923. The maximum absolute atomic E-state index is 11.3. The molecule has 0 aliphatic carbocycles. The predicted molar refractivity (Wildman–Crippen MR) is 70.8 cm³/mol. The van der Waals surface area contributed by atoms with E-state index in [0.717, 1.165) is 6.42 Å². The van der Waals surface area contributed by atoms with Crippen LogP contribution in [0.5, 0.6) is 0 Å². The molecule has 0 aliphatic rings. The lowest BCUT2D eigenvalue weighted by Gasteiger charge is -2.22. The van der Waals surface area contributed by atoms with Crippen molar-refractivity contribution in [2.24, 2.45) is 5.41 Å². The second-order valence-electron chi connectivity index (χ2n) is 6.09. The number of rotatable bonds is 7. The van der Waals surface area contributed by atoms with Gasteiger partial charge in [-0.3, -0.25) is 4.79 Å². The van der Waals surface area contributed by atoms with Gasteiger partial charge in [0, 0.05) is 25.6 Å². The van der Waals surface area contributed by atoms with E-state index in [1.807, 2.05) is 13.8 Å². The predicted octanol–water partition coefficient (Wildman–Crippen LogP) is 1.29. The number of aliphatic hydroxyl groups is 1. The molecule has 4 nitrogen and oxygen atoms in total. The largest absolute Gasteiger partial charge is 0.392 e. The minimum absolute atomic E-state index is 0.0535. The molecule has 0 fully saturated rings. The zero-order chi connectivity index (χ0) is 13.5. The Morgan fingerprint density at radius 1 is 1.29 bits per heavy atom. The molecule has 0 saturated carbocycles. The van der Waals surface area contributed by atoms with Crippen LogP contribution < -0.4 is 10.6 Å². The molecule has 0 radical (unpaired) electrons. The van der Waals surface area contributed by atoms with Crippen molar-refractivity contribution in [1.82, 2.24) is 10.6 Å². The smallest absolute Gasteiger partial charge is 0.221 e. The minimum atomic E-state index is -0.344. The Hall–Kier alpha value is -0.610. The van der Waals surface area contributed by atoms with Gasteiger partial charge in [0.15, 0.2) is 0 Å². The summed E-state index contributed by atoms with van der Waals surface area (Å²) in [4.78, 5) is 11.3. The molecule has 0 heterocycles. The van der Waals surface area contributed by atoms with Gasteiger partial charge in [-0.2, -0.15) is 0 Å². The van der Waals surface area contributed by atoms with E-state index >= 15 is 0 Å². The minimum Gasteiger partial charge on any atom is -0.392 e. The molecule has 0 rings (SSSR count). The van der Waals surface area contributed by atoms with Gasteiger partial charge in [0.05, 0.1) is 6.10 Å². The first-order valence-corrected chi connectivity index (χ1v) is 6.39. The maximum Gasteiger partial charge on any atom is 0.221 e. The van der Waals surface area contributed by atoms with Gasteiger partial charge in [0.1, 0.15) is 0 Å². The Balaban J connectivity index is 3.54. The second kappa shape index (κ2) is 7.67. The van der Waals surface area contributed by atoms with Gasteiger partial charge in [0.25, 0.3) is 0 Å². The van der Waals surface area contributed by atoms with Gasteiger partial charge in [-0.05, 0) is 25.7 Å². The van der Waals surface area contributed by atoms with E-state index in [-0.39, 0.29) is 23.5 Å². The lowest BCUT2D eigenvalue weighted by molar-refractivity contribution is -0.121. The van der Waals surface area contributed by atoms with Crippen LogP contribution in [0.1, 0.15) is 47.5 Å². The summed E-state index contributed by atoms with van der Waals surface area (Å²) in [5.41, 5.74) is 0.135. The Labute approximate surface area is 105 Å². The highest BCUT2D eigenvalue weighted by Crippen LogP contribution is 2.20. The molecule has 102 valence electrons. The molecule has 0 aliphatic heterocycles. The van der Waals surface area contributed by atoms with Crippen LogP contribution >= 0.6 is 0 Å². The molecule has 0 bridgehead atoms. The van der Waals surface area contributed by atoms with E-state index in [9.17, 15) is 9.90 Å². The number of amides is 1. The number of hydrogen-bond acceptors (Lipinski definition) is 3. The fourth-order valence-electron chi connectivity index (χ4n) is 1.64. The number of carbonyl (C=O) groups excluding carboxylic acids is 1. The SMILES string of the molecule is CC(C)NC(=O)CCNCC(O)CC(C)(C)C. The summed E-state index contributed by atoms with van der Waals surface area (Å²) in [7, 11) is 0. The van der Waals surface area contributed by atoms with Crippen molar-refractivity contribution in [3.8, 4) is 0 Å². The highest BCUT2D eigenvalue weighted by atomic mass is 16.3.